The molecule has 1 aliphatic rings. The molecular formula is C17H15N5O2. The van der Waals surface area contributed by atoms with Crippen molar-refractivity contribution in [2.75, 3.05) is 0 Å². The highest BCUT2D eigenvalue weighted by molar-refractivity contribution is 6.07. The minimum Gasteiger partial charge on any atom is -0.361 e. The van der Waals surface area contributed by atoms with E-state index in [0.717, 1.165) is 16.5 Å². The Balaban J connectivity index is 1.54. The van der Waals surface area contributed by atoms with Crippen molar-refractivity contribution in [3.63, 3.8) is 0 Å². The van der Waals surface area contributed by atoms with Crippen molar-refractivity contribution in [1.29, 1.82) is 0 Å². The molecule has 1 aliphatic heterocycles. The lowest BCUT2D eigenvalue weighted by molar-refractivity contribution is -0.131. The van der Waals surface area contributed by atoms with Crippen molar-refractivity contribution >= 4 is 28.8 Å². The second kappa shape index (κ2) is 5.69. The fraction of sp³-hybridized carbons (Fsp3) is 0.118. The van der Waals surface area contributed by atoms with Gasteiger partial charge in [-0.15, -0.1) is 0 Å². The van der Waals surface area contributed by atoms with Gasteiger partial charge in [-0.1, -0.05) is 18.2 Å². The molecule has 4 rings (SSSR count). The Bertz CT molecular complexity index is 939. The van der Waals surface area contributed by atoms with Crippen LogP contribution in [0.4, 0.5) is 0 Å². The first-order valence-corrected chi connectivity index (χ1v) is 7.57. The van der Waals surface area contributed by atoms with E-state index in [1.165, 1.54) is 6.33 Å². The molecule has 0 unspecified atom stereocenters. The van der Waals surface area contributed by atoms with E-state index in [1.807, 2.05) is 30.5 Å². The quantitative estimate of drug-likeness (QED) is 0.543. The number of piperazine rings is 1. The highest BCUT2D eigenvalue weighted by Gasteiger charge is 2.30. The Morgan fingerprint density at radius 1 is 1.17 bits per heavy atom. The summed E-state index contributed by atoms with van der Waals surface area (Å²) in [5.41, 5.74) is 2.86. The Morgan fingerprint density at radius 2 is 2.04 bits per heavy atom. The van der Waals surface area contributed by atoms with Gasteiger partial charge in [0, 0.05) is 23.5 Å². The van der Waals surface area contributed by atoms with Crippen LogP contribution in [0.15, 0.2) is 48.7 Å². The number of nitrogens with zero attached hydrogens (tertiary/aromatic N) is 1. The summed E-state index contributed by atoms with van der Waals surface area (Å²) in [6.07, 6.45) is 6.94. The summed E-state index contributed by atoms with van der Waals surface area (Å²) in [6.45, 7) is 0. The largest absolute Gasteiger partial charge is 0.361 e. The van der Waals surface area contributed by atoms with Crippen LogP contribution in [-0.2, 0) is 16.0 Å². The predicted molar refractivity (Wildman–Crippen MR) is 88.6 cm³/mol. The number of rotatable bonds is 3. The van der Waals surface area contributed by atoms with E-state index in [9.17, 15) is 9.59 Å². The van der Waals surface area contributed by atoms with Crippen LogP contribution in [0.3, 0.4) is 0 Å². The number of nitrogens with one attached hydrogen (secondary N) is 4. The molecule has 3 aromatic rings. The molecule has 1 atom stereocenters. The number of benzene rings is 1. The molecule has 120 valence electrons. The molecule has 7 heteroatoms. The Kier molecular flexibility index (Phi) is 3.38. The second-order valence-electron chi connectivity index (χ2n) is 5.64. The lowest BCUT2D eigenvalue weighted by Crippen LogP contribution is -2.55. The fourth-order valence-corrected chi connectivity index (χ4v) is 2.85. The topological polar surface area (TPSA) is 103 Å². The van der Waals surface area contributed by atoms with Crippen molar-refractivity contribution in [3.05, 3.63) is 59.9 Å². The van der Waals surface area contributed by atoms with E-state index >= 15 is 0 Å². The van der Waals surface area contributed by atoms with Crippen molar-refractivity contribution in [2.24, 2.45) is 0 Å². The summed E-state index contributed by atoms with van der Waals surface area (Å²) in [4.78, 5) is 34.5. The zero-order chi connectivity index (χ0) is 16.5. The Labute approximate surface area is 137 Å². The summed E-state index contributed by atoms with van der Waals surface area (Å²) in [7, 11) is 0. The first-order chi connectivity index (χ1) is 11.7. The number of amides is 2. The maximum atomic E-state index is 12.3. The standard InChI is InChI=1S/C17H15N5O2/c23-16-14(5-10-7-19-13-4-2-1-3-12(10)13)21-17(24)15(22-16)6-11-8-18-9-20-11/h1-4,6-9,14,19H,5H2,(H,18,20)(H,21,24)(H,22,23)/b15-6+/t14-/m0/s1. The maximum Gasteiger partial charge on any atom is 0.268 e. The number of carbonyl (C=O) groups is 2. The van der Waals surface area contributed by atoms with Crippen LogP contribution in [0.2, 0.25) is 0 Å². The molecule has 24 heavy (non-hydrogen) atoms. The molecule has 1 saturated heterocycles. The molecule has 0 bridgehead atoms. The van der Waals surface area contributed by atoms with Gasteiger partial charge in [0.15, 0.2) is 0 Å². The number of para-hydroxylation sites is 1. The molecule has 0 radical (unpaired) electrons. The summed E-state index contributed by atoms with van der Waals surface area (Å²) < 4.78 is 0. The lowest BCUT2D eigenvalue weighted by Gasteiger charge is -2.24. The van der Waals surface area contributed by atoms with E-state index in [1.54, 1.807) is 12.3 Å². The number of H-pyrrole nitrogens is 2. The van der Waals surface area contributed by atoms with Gasteiger partial charge in [-0.25, -0.2) is 4.98 Å². The minimum absolute atomic E-state index is 0.208. The van der Waals surface area contributed by atoms with Crippen LogP contribution < -0.4 is 10.6 Å². The molecule has 0 spiro atoms. The summed E-state index contributed by atoms with van der Waals surface area (Å²) in [6, 6.07) is 7.27. The molecule has 4 N–H and O–H groups in total. The number of hydrogen-bond donors (Lipinski definition) is 4. The number of aromatic nitrogens is 3. The van der Waals surface area contributed by atoms with E-state index in [2.05, 4.69) is 25.6 Å². The zero-order valence-electron chi connectivity index (χ0n) is 12.7. The van der Waals surface area contributed by atoms with Gasteiger partial charge < -0.3 is 20.6 Å². The van der Waals surface area contributed by atoms with E-state index in [0.29, 0.717) is 12.1 Å². The molecule has 2 aromatic heterocycles. The normalized spacial score (nSPS) is 19.5. The SMILES string of the molecule is O=C1N[C@@H](Cc2c[nH]c3ccccc23)C(=O)N/C1=C/c1cnc[nH]1. The van der Waals surface area contributed by atoms with Gasteiger partial charge in [-0.05, 0) is 17.7 Å². The van der Waals surface area contributed by atoms with Crippen LogP contribution in [0.25, 0.3) is 17.0 Å². The minimum atomic E-state index is -0.601. The van der Waals surface area contributed by atoms with Crippen LogP contribution in [-0.4, -0.2) is 32.8 Å². The summed E-state index contributed by atoms with van der Waals surface area (Å²) in [5, 5.41) is 6.49. The van der Waals surface area contributed by atoms with Crippen LogP contribution in [0.5, 0.6) is 0 Å². The number of imidazole rings is 1. The van der Waals surface area contributed by atoms with E-state index in [4.69, 9.17) is 0 Å². The highest BCUT2D eigenvalue weighted by Crippen LogP contribution is 2.20. The monoisotopic (exact) mass is 321 g/mol. The van der Waals surface area contributed by atoms with Crippen molar-refractivity contribution in [3.8, 4) is 0 Å². The van der Waals surface area contributed by atoms with Gasteiger partial charge in [0.1, 0.15) is 11.7 Å². The molecule has 1 fully saturated rings. The number of aromatic amines is 2. The Morgan fingerprint density at radius 3 is 2.88 bits per heavy atom. The van der Waals surface area contributed by atoms with Gasteiger partial charge in [-0.2, -0.15) is 0 Å². The predicted octanol–water partition coefficient (Wildman–Crippen LogP) is 1.09. The molecular weight excluding hydrogens is 306 g/mol. The average molecular weight is 321 g/mol. The van der Waals surface area contributed by atoms with Crippen LogP contribution in [0, 0.1) is 0 Å². The van der Waals surface area contributed by atoms with E-state index < -0.39 is 6.04 Å². The smallest absolute Gasteiger partial charge is 0.268 e. The number of hydrogen-bond acceptors (Lipinski definition) is 3. The molecule has 2 amide bonds. The van der Waals surface area contributed by atoms with Crippen LogP contribution >= 0.6 is 0 Å². The molecule has 0 saturated carbocycles. The maximum absolute atomic E-state index is 12.3. The second-order valence-corrected chi connectivity index (χ2v) is 5.64. The van der Waals surface area contributed by atoms with E-state index in [-0.39, 0.29) is 17.5 Å². The number of carbonyl (C=O) groups excluding carboxylic acids is 2. The van der Waals surface area contributed by atoms with Crippen molar-refractivity contribution in [1.82, 2.24) is 25.6 Å². The van der Waals surface area contributed by atoms with Gasteiger partial charge in [-0.3, -0.25) is 9.59 Å². The third-order valence-electron chi connectivity index (χ3n) is 4.04. The molecule has 3 heterocycles. The Hall–Kier alpha value is -3.35. The fourth-order valence-electron chi connectivity index (χ4n) is 2.85. The molecule has 1 aromatic carbocycles. The number of fused-ring (bicyclic) bond motifs is 1. The summed E-state index contributed by atoms with van der Waals surface area (Å²) in [5.74, 6) is -0.542. The lowest BCUT2D eigenvalue weighted by atomic mass is 10.0. The van der Waals surface area contributed by atoms with Crippen molar-refractivity contribution in [2.45, 2.75) is 12.5 Å². The third kappa shape index (κ3) is 2.56. The third-order valence-corrected chi connectivity index (χ3v) is 4.04. The average Bonchev–Trinajstić information content (AvgIpc) is 3.22. The molecule has 0 aliphatic carbocycles. The first-order valence-electron chi connectivity index (χ1n) is 7.57. The summed E-state index contributed by atoms with van der Waals surface area (Å²) >= 11 is 0. The van der Waals surface area contributed by atoms with Gasteiger partial charge in [0.25, 0.3) is 5.91 Å². The van der Waals surface area contributed by atoms with Crippen LogP contribution in [0.1, 0.15) is 11.3 Å². The highest BCUT2D eigenvalue weighted by atomic mass is 16.2. The van der Waals surface area contributed by atoms with Gasteiger partial charge in [0.2, 0.25) is 5.91 Å². The zero-order valence-corrected chi connectivity index (χ0v) is 12.7. The van der Waals surface area contributed by atoms with Gasteiger partial charge >= 0.3 is 0 Å². The first kappa shape index (κ1) is 14.3. The molecule has 7 nitrogen and oxygen atoms in total. The van der Waals surface area contributed by atoms with Crippen molar-refractivity contribution < 1.29 is 9.59 Å². The van der Waals surface area contributed by atoms with Gasteiger partial charge in [0.05, 0.1) is 18.2 Å².